The summed E-state index contributed by atoms with van der Waals surface area (Å²) < 4.78 is 0. The van der Waals surface area contributed by atoms with Crippen molar-refractivity contribution in [2.75, 3.05) is 25.1 Å². The number of nitrogens with two attached hydrogens (primary N) is 1. The molecule has 0 radical (unpaired) electrons. The highest BCUT2D eigenvalue weighted by Crippen LogP contribution is 2.21. The van der Waals surface area contributed by atoms with Gasteiger partial charge in [0.05, 0.1) is 12.5 Å². The number of carboxylic acids is 1. The number of carbonyl (C=O) groups is 5. The Kier molecular flexibility index (Phi) is 9.56. The average molecular weight is 458 g/mol. The van der Waals surface area contributed by atoms with Gasteiger partial charge in [-0.05, 0) is 50.7 Å². The lowest BCUT2D eigenvalue weighted by molar-refractivity contribution is -0.143. The van der Waals surface area contributed by atoms with E-state index in [1.54, 1.807) is 0 Å². The van der Waals surface area contributed by atoms with Crippen LogP contribution in [0.2, 0.25) is 0 Å². The molecule has 0 aromatic rings. The number of nitrogens with zero attached hydrogens (tertiary/aromatic N) is 1. The van der Waals surface area contributed by atoms with Crippen LogP contribution in [0.1, 0.15) is 38.5 Å². The molecule has 0 spiro atoms. The van der Waals surface area contributed by atoms with Crippen molar-refractivity contribution in [1.82, 2.24) is 20.9 Å². The maximum Gasteiger partial charge on any atom is 0.326 e. The second-order valence-corrected chi connectivity index (χ2v) is 8.74. The molecule has 12 heteroatoms. The molecule has 4 unspecified atom stereocenters. The van der Waals surface area contributed by atoms with Gasteiger partial charge in [0.1, 0.15) is 18.1 Å². The minimum absolute atomic E-state index is 0.144. The minimum atomic E-state index is -1.32. The second-order valence-electron chi connectivity index (χ2n) is 7.75. The molecule has 4 amide bonds. The van der Waals surface area contributed by atoms with Gasteiger partial charge in [-0.25, -0.2) is 4.79 Å². The van der Waals surface area contributed by atoms with Crippen LogP contribution in [0.3, 0.4) is 0 Å². The van der Waals surface area contributed by atoms with Gasteiger partial charge in [-0.2, -0.15) is 11.8 Å². The average Bonchev–Trinajstić information content (AvgIpc) is 3.41. The number of carboxylic acid groups (broad SMARTS) is 1. The maximum atomic E-state index is 12.9. The zero-order valence-corrected chi connectivity index (χ0v) is 18.4. The van der Waals surface area contributed by atoms with E-state index < -0.39 is 48.2 Å². The van der Waals surface area contributed by atoms with E-state index in [0.717, 1.165) is 13.0 Å². The largest absolute Gasteiger partial charge is 0.480 e. The first kappa shape index (κ1) is 24.9. The zero-order chi connectivity index (χ0) is 23.0. The monoisotopic (exact) mass is 457 g/mol. The van der Waals surface area contributed by atoms with Gasteiger partial charge in [-0.1, -0.05) is 0 Å². The van der Waals surface area contributed by atoms with Crippen molar-refractivity contribution in [2.45, 2.75) is 62.7 Å². The smallest absolute Gasteiger partial charge is 0.326 e. The van der Waals surface area contributed by atoms with Crippen molar-refractivity contribution in [2.24, 2.45) is 5.73 Å². The molecule has 0 aliphatic carbocycles. The Bertz CT molecular complexity index is 699. The topological polar surface area (TPSA) is 171 Å². The predicted molar refractivity (Wildman–Crippen MR) is 114 cm³/mol. The number of amides is 4. The molecule has 0 aromatic carbocycles. The Morgan fingerprint density at radius 3 is 2.48 bits per heavy atom. The van der Waals surface area contributed by atoms with Crippen molar-refractivity contribution in [3.05, 3.63) is 0 Å². The van der Waals surface area contributed by atoms with Crippen LogP contribution in [-0.4, -0.2) is 88.9 Å². The van der Waals surface area contributed by atoms with E-state index in [1.807, 2.05) is 6.26 Å². The lowest BCUT2D eigenvalue weighted by Gasteiger charge is -2.28. The summed E-state index contributed by atoms with van der Waals surface area (Å²) in [4.78, 5) is 62.6. The molecule has 2 fully saturated rings. The Morgan fingerprint density at radius 2 is 1.90 bits per heavy atom. The molecule has 2 heterocycles. The molecule has 174 valence electrons. The molecular formula is C19H31N5O6S. The molecule has 4 atom stereocenters. The van der Waals surface area contributed by atoms with Crippen molar-refractivity contribution in [3.63, 3.8) is 0 Å². The lowest BCUT2D eigenvalue weighted by atomic mass is 10.1. The zero-order valence-electron chi connectivity index (χ0n) is 17.6. The second kappa shape index (κ2) is 11.9. The third-order valence-corrected chi connectivity index (χ3v) is 6.10. The van der Waals surface area contributed by atoms with Gasteiger partial charge < -0.3 is 31.7 Å². The van der Waals surface area contributed by atoms with Crippen LogP contribution in [0.25, 0.3) is 0 Å². The van der Waals surface area contributed by atoms with Crippen molar-refractivity contribution in [3.8, 4) is 0 Å². The van der Waals surface area contributed by atoms with Crippen LogP contribution in [0.4, 0.5) is 0 Å². The predicted octanol–water partition coefficient (Wildman–Crippen LogP) is -1.59. The molecular weight excluding hydrogens is 426 g/mol. The normalized spacial score (nSPS) is 22.5. The van der Waals surface area contributed by atoms with Crippen molar-refractivity contribution in [1.29, 1.82) is 0 Å². The standard InChI is InChI=1S/C19H31N5O6S/c1-31-9-6-12(19(29)30)22-16(26)13(10-15(20)25)23-17(27)14-5-3-8-24(14)18(28)11-4-2-7-21-11/h11-14,21H,2-10H2,1H3,(H2,20,25)(H,22,26)(H,23,27)(H,29,30). The van der Waals surface area contributed by atoms with Crippen LogP contribution < -0.4 is 21.7 Å². The van der Waals surface area contributed by atoms with Crippen LogP contribution >= 0.6 is 11.8 Å². The van der Waals surface area contributed by atoms with Crippen LogP contribution in [0, 0.1) is 0 Å². The van der Waals surface area contributed by atoms with E-state index in [1.165, 1.54) is 16.7 Å². The summed E-state index contributed by atoms with van der Waals surface area (Å²) in [5.74, 6) is -3.00. The third kappa shape index (κ3) is 7.10. The molecule has 0 saturated carbocycles. The SMILES string of the molecule is CSCCC(NC(=O)C(CC(N)=O)NC(=O)C1CCCN1C(=O)C1CCCN1)C(=O)O. The van der Waals surface area contributed by atoms with Crippen LogP contribution in [0.5, 0.6) is 0 Å². The first-order valence-corrected chi connectivity index (χ1v) is 11.8. The number of carbonyl (C=O) groups excluding carboxylic acids is 4. The Morgan fingerprint density at radius 1 is 1.16 bits per heavy atom. The number of thioether (sulfide) groups is 1. The Balaban J connectivity index is 2.05. The van der Waals surface area contributed by atoms with E-state index in [-0.39, 0.29) is 18.4 Å². The first-order chi connectivity index (χ1) is 14.7. The summed E-state index contributed by atoms with van der Waals surface area (Å²) in [6.45, 7) is 1.20. The van der Waals surface area contributed by atoms with Gasteiger partial charge >= 0.3 is 5.97 Å². The number of rotatable bonds is 11. The number of nitrogens with one attached hydrogen (secondary N) is 3. The summed E-state index contributed by atoms with van der Waals surface area (Å²) in [7, 11) is 0. The molecule has 2 aliphatic rings. The maximum absolute atomic E-state index is 12.9. The fourth-order valence-corrected chi connectivity index (χ4v) is 4.31. The fraction of sp³-hybridized carbons (Fsp3) is 0.737. The first-order valence-electron chi connectivity index (χ1n) is 10.4. The summed E-state index contributed by atoms with van der Waals surface area (Å²) >= 11 is 1.43. The molecule has 11 nitrogen and oxygen atoms in total. The number of hydrogen-bond acceptors (Lipinski definition) is 7. The molecule has 2 rings (SSSR count). The highest BCUT2D eigenvalue weighted by molar-refractivity contribution is 7.98. The highest BCUT2D eigenvalue weighted by Gasteiger charge is 2.39. The van der Waals surface area contributed by atoms with E-state index >= 15 is 0 Å². The number of primary amides is 1. The number of hydrogen-bond donors (Lipinski definition) is 5. The van der Waals surface area contributed by atoms with Gasteiger partial charge in [0.15, 0.2) is 0 Å². The van der Waals surface area contributed by atoms with Crippen LogP contribution in [0.15, 0.2) is 0 Å². The lowest BCUT2D eigenvalue weighted by Crippen LogP contribution is -2.57. The summed E-state index contributed by atoms with van der Waals surface area (Å²) in [5, 5.41) is 17.3. The van der Waals surface area contributed by atoms with Crippen molar-refractivity contribution < 1.29 is 29.1 Å². The summed E-state index contributed by atoms with van der Waals surface area (Å²) in [5.41, 5.74) is 5.23. The molecule has 0 aromatic heterocycles. The Labute approximate surface area is 185 Å². The van der Waals surface area contributed by atoms with E-state index in [2.05, 4.69) is 16.0 Å². The highest BCUT2D eigenvalue weighted by atomic mass is 32.2. The summed E-state index contributed by atoms with van der Waals surface area (Å²) in [6.07, 6.45) is 4.23. The quantitative estimate of drug-likeness (QED) is 0.247. The van der Waals surface area contributed by atoms with E-state index in [4.69, 9.17) is 5.73 Å². The molecule has 31 heavy (non-hydrogen) atoms. The van der Waals surface area contributed by atoms with Crippen LogP contribution in [-0.2, 0) is 24.0 Å². The van der Waals surface area contributed by atoms with E-state index in [9.17, 15) is 29.1 Å². The van der Waals surface area contributed by atoms with Gasteiger partial charge in [0.2, 0.25) is 23.6 Å². The van der Waals surface area contributed by atoms with E-state index in [0.29, 0.717) is 31.6 Å². The third-order valence-electron chi connectivity index (χ3n) is 5.46. The molecule has 0 bridgehead atoms. The molecule has 6 N–H and O–H groups in total. The summed E-state index contributed by atoms with van der Waals surface area (Å²) in [6, 6.07) is -3.52. The van der Waals surface area contributed by atoms with Crippen molar-refractivity contribution >= 4 is 41.4 Å². The van der Waals surface area contributed by atoms with Gasteiger partial charge in [-0.3, -0.25) is 19.2 Å². The fourth-order valence-electron chi connectivity index (χ4n) is 3.84. The van der Waals surface area contributed by atoms with Gasteiger partial charge in [0.25, 0.3) is 0 Å². The minimum Gasteiger partial charge on any atom is -0.480 e. The Hall–Kier alpha value is -2.34. The van der Waals surface area contributed by atoms with Gasteiger partial charge in [0, 0.05) is 6.54 Å². The number of likely N-dealkylation sites (tertiary alicyclic amines) is 1. The van der Waals surface area contributed by atoms with Gasteiger partial charge in [-0.15, -0.1) is 0 Å². The number of aliphatic carboxylic acids is 1. The molecule has 2 saturated heterocycles. The molecule has 2 aliphatic heterocycles.